The van der Waals surface area contributed by atoms with Crippen LogP contribution < -0.4 is 0 Å². The summed E-state index contributed by atoms with van der Waals surface area (Å²) in [7, 11) is 2.05. The third kappa shape index (κ3) is 4.59. The molecule has 37 heavy (non-hydrogen) atoms. The fourth-order valence-corrected chi connectivity index (χ4v) is 5.21. The maximum atomic E-state index is 5.06. The van der Waals surface area contributed by atoms with Gasteiger partial charge in [-0.15, -0.1) is 0 Å². The molecule has 1 aliphatic carbocycles. The Hall–Kier alpha value is -4.07. The predicted molar refractivity (Wildman–Crippen MR) is 143 cm³/mol. The van der Waals surface area contributed by atoms with Gasteiger partial charge in [-0.3, -0.25) is 14.0 Å². The van der Waals surface area contributed by atoms with Gasteiger partial charge in [-0.1, -0.05) is 31.2 Å². The van der Waals surface area contributed by atoms with Crippen LogP contribution in [0.5, 0.6) is 0 Å². The van der Waals surface area contributed by atoms with Crippen LogP contribution in [0.15, 0.2) is 55.1 Å². The Kier molecular flexibility index (Phi) is 6.16. The zero-order valence-corrected chi connectivity index (χ0v) is 21.7. The largest absolute Gasteiger partial charge is 0.273 e. The molecule has 0 atom stereocenters. The molecule has 0 unspecified atom stereocenters. The summed E-state index contributed by atoms with van der Waals surface area (Å²) in [4.78, 5) is 9.74. The van der Waals surface area contributed by atoms with Crippen molar-refractivity contribution < 1.29 is 0 Å². The maximum Gasteiger partial charge on any atom is 0.134 e. The summed E-state index contributed by atoms with van der Waals surface area (Å²) >= 11 is 0. The summed E-state index contributed by atoms with van der Waals surface area (Å²) in [6.07, 6.45) is 12.4. The molecule has 5 aromatic rings. The molecule has 1 aromatic carbocycles. The van der Waals surface area contributed by atoms with Crippen molar-refractivity contribution in [2.24, 2.45) is 7.05 Å². The van der Waals surface area contributed by atoms with E-state index < -0.39 is 0 Å². The van der Waals surface area contributed by atoms with E-state index in [0.717, 1.165) is 67.2 Å². The van der Waals surface area contributed by atoms with Gasteiger partial charge in [-0.2, -0.15) is 15.3 Å². The van der Waals surface area contributed by atoms with Gasteiger partial charge in [-0.05, 0) is 48.9 Å². The molecule has 8 nitrogen and oxygen atoms in total. The van der Waals surface area contributed by atoms with Crippen molar-refractivity contribution in [3.05, 3.63) is 89.2 Å². The van der Waals surface area contributed by atoms with Crippen molar-refractivity contribution >= 4 is 0 Å². The lowest BCUT2D eigenvalue weighted by molar-refractivity contribution is 0.603. The molecule has 0 aliphatic heterocycles. The smallest absolute Gasteiger partial charge is 0.134 e. The molecule has 0 N–H and O–H groups in total. The Labute approximate surface area is 217 Å². The molecule has 0 spiro atoms. The van der Waals surface area contributed by atoms with Gasteiger partial charge in [0.1, 0.15) is 5.82 Å². The standard InChI is InChI=1S/C29H32N8/c1-4-12-37-19-23(18-31-37)21-8-6-7-20(14-21)15-26-28-25(34-35(26)3)10-9-22-17-30-27(32-29(22)28)16-24-11-13-36(5-2)33-24/h6-8,11,13-14,17-19H,4-5,9-10,12,15-16H2,1-3H3. The number of aryl methyl sites for hydroxylation is 5. The zero-order valence-electron chi connectivity index (χ0n) is 21.7. The molecule has 8 heteroatoms. The molecular formula is C29H32N8. The Morgan fingerprint density at radius 3 is 2.70 bits per heavy atom. The maximum absolute atomic E-state index is 5.06. The monoisotopic (exact) mass is 492 g/mol. The van der Waals surface area contributed by atoms with Crippen molar-refractivity contribution in [3.8, 4) is 22.4 Å². The zero-order chi connectivity index (χ0) is 25.4. The SMILES string of the molecule is CCCn1cc(-c2cccc(Cc3c4c(nn3C)CCc3cnc(Cc5ccn(CC)n5)nc3-4)c2)cn1. The second-order valence-electron chi connectivity index (χ2n) is 9.76. The molecule has 4 heterocycles. The first kappa shape index (κ1) is 23.3. The number of aromatic nitrogens is 8. The molecule has 0 saturated carbocycles. The van der Waals surface area contributed by atoms with Gasteiger partial charge >= 0.3 is 0 Å². The fourth-order valence-electron chi connectivity index (χ4n) is 5.21. The summed E-state index contributed by atoms with van der Waals surface area (Å²) in [5.74, 6) is 0.800. The molecule has 1 aliphatic rings. The fraction of sp³-hybridized carbons (Fsp3) is 0.345. The van der Waals surface area contributed by atoms with Gasteiger partial charge in [-0.25, -0.2) is 9.97 Å². The minimum absolute atomic E-state index is 0.624. The summed E-state index contributed by atoms with van der Waals surface area (Å²) < 4.78 is 5.99. The van der Waals surface area contributed by atoms with E-state index in [1.807, 2.05) is 45.7 Å². The molecular weight excluding hydrogens is 460 g/mol. The van der Waals surface area contributed by atoms with Crippen molar-refractivity contribution in [2.45, 2.75) is 59.0 Å². The predicted octanol–water partition coefficient (Wildman–Crippen LogP) is 4.65. The van der Waals surface area contributed by atoms with Gasteiger partial charge in [0.15, 0.2) is 0 Å². The first-order valence-corrected chi connectivity index (χ1v) is 13.1. The second kappa shape index (κ2) is 9.76. The van der Waals surface area contributed by atoms with Crippen LogP contribution in [0.25, 0.3) is 22.4 Å². The van der Waals surface area contributed by atoms with E-state index in [1.54, 1.807) is 0 Å². The normalized spacial score (nSPS) is 12.5. The second-order valence-corrected chi connectivity index (χ2v) is 9.76. The lowest BCUT2D eigenvalue weighted by Gasteiger charge is -2.16. The minimum atomic E-state index is 0.624. The summed E-state index contributed by atoms with van der Waals surface area (Å²) in [6, 6.07) is 10.8. The number of nitrogens with zero attached hydrogens (tertiary/aromatic N) is 8. The van der Waals surface area contributed by atoms with Crippen LogP contribution in [0.1, 0.15) is 54.3 Å². The third-order valence-electron chi connectivity index (χ3n) is 7.10. The average Bonchev–Trinajstić information content (AvgIpc) is 3.64. The van der Waals surface area contributed by atoms with E-state index in [4.69, 9.17) is 10.1 Å². The van der Waals surface area contributed by atoms with Gasteiger partial charge in [0.2, 0.25) is 0 Å². The molecule has 0 amide bonds. The topological polar surface area (TPSA) is 79.2 Å². The number of hydrogen-bond donors (Lipinski definition) is 0. The minimum Gasteiger partial charge on any atom is -0.273 e. The average molecular weight is 493 g/mol. The van der Waals surface area contributed by atoms with Crippen LogP contribution >= 0.6 is 0 Å². The Bertz CT molecular complexity index is 1550. The summed E-state index contributed by atoms with van der Waals surface area (Å²) in [5, 5.41) is 14.0. The van der Waals surface area contributed by atoms with Gasteiger partial charge < -0.3 is 0 Å². The van der Waals surface area contributed by atoms with E-state index in [2.05, 4.69) is 59.5 Å². The number of benzene rings is 1. The van der Waals surface area contributed by atoms with Crippen LogP contribution in [-0.4, -0.2) is 39.3 Å². The number of hydrogen-bond acceptors (Lipinski definition) is 5. The van der Waals surface area contributed by atoms with Gasteiger partial charge in [0, 0.05) is 56.3 Å². The van der Waals surface area contributed by atoms with Gasteiger partial charge in [0.05, 0.1) is 35.4 Å². The van der Waals surface area contributed by atoms with Crippen LogP contribution in [-0.2, 0) is 45.8 Å². The van der Waals surface area contributed by atoms with E-state index in [-0.39, 0.29) is 0 Å². The highest BCUT2D eigenvalue weighted by atomic mass is 15.3. The molecule has 4 aromatic heterocycles. The number of rotatable bonds is 8. The van der Waals surface area contributed by atoms with Crippen LogP contribution in [0, 0.1) is 0 Å². The quantitative estimate of drug-likeness (QED) is 0.315. The molecule has 0 saturated heterocycles. The Balaban J connectivity index is 1.32. The summed E-state index contributed by atoms with van der Waals surface area (Å²) in [5.41, 5.74) is 10.3. The van der Waals surface area contributed by atoms with Crippen LogP contribution in [0.2, 0.25) is 0 Å². The van der Waals surface area contributed by atoms with E-state index in [0.29, 0.717) is 6.42 Å². The first-order valence-electron chi connectivity index (χ1n) is 13.1. The molecule has 6 rings (SSSR count). The van der Waals surface area contributed by atoms with Crippen molar-refractivity contribution in [1.29, 1.82) is 0 Å². The summed E-state index contributed by atoms with van der Waals surface area (Å²) in [6.45, 7) is 6.05. The molecule has 188 valence electrons. The van der Waals surface area contributed by atoms with Gasteiger partial charge in [0.25, 0.3) is 0 Å². The highest BCUT2D eigenvalue weighted by Crippen LogP contribution is 2.35. The van der Waals surface area contributed by atoms with Crippen LogP contribution in [0.3, 0.4) is 0 Å². The molecule has 0 radical (unpaired) electrons. The Morgan fingerprint density at radius 2 is 1.86 bits per heavy atom. The lowest BCUT2D eigenvalue weighted by atomic mass is 9.91. The lowest BCUT2D eigenvalue weighted by Crippen LogP contribution is -2.10. The van der Waals surface area contributed by atoms with Crippen molar-refractivity contribution in [3.63, 3.8) is 0 Å². The molecule has 0 bridgehead atoms. The van der Waals surface area contributed by atoms with E-state index >= 15 is 0 Å². The highest BCUT2D eigenvalue weighted by molar-refractivity contribution is 5.71. The van der Waals surface area contributed by atoms with E-state index in [1.165, 1.54) is 27.9 Å². The molecule has 0 fully saturated rings. The highest BCUT2D eigenvalue weighted by Gasteiger charge is 2.26. The third-order valence-corrected chi connectivity index (χ3v) is 7.10. The van der Waals surface area contributed by atoms with Crippen molar-refractivity contribution in [1.82, 2.24) is 39.3 Å². The van der Waals surface area contributed by atoms with Crippen LogP contribution in [0.4, 0.5) is 0 Å². The first-order chi connectivity index (χ1) is 18.1. The number of fused-ring (bicyclic) bond motifs is 3. The van der Waals surface area contributed by atoms with Crippen molar-refractivity contribution in [2.75, 3.05) is 0 Å². The Morgan fingerprint density at radius 1 is 0.946 bits per heavy atom. The van der Waals surface area contributed by atoms with E-state index in [9.17, 15) is 0 Å².